The number of amides is 1. The molecule has 2 N–H and O–H groups in total. The molecule has 3 rings (SSSR count). The second kappa shape index (κ2) is 7.54. The van der Waals surface area contributed by atoms with Crippen molar-refractivity contribution in [2.45, 2.75) is 18.4 Å². The van der Waals surface area contributed by atoms with E-state index in [1.165, 1.54) is 13.1 Å². The lowest BCUT2D eigenvalue weighted by Gasteiger charge is -2.39. The highest BCUT2D eigenvalue weighted by atomic mass is 35.5. The van der Waals surface area contributed by atoms with Gasteiger partial charge in [0.05, 0.1) is 10.5 Å². The summed E-state index contributed by atoms with van der Waals surface area (Å²) in [6.45, 7) is 0.865. The van der Waals surface area contributed by atoms with Gasteiger partial charge in [-0.25, -0.2) is 0 Å². The Morgan fingerprint density at radius 1 is 1.26 bits per heavy atom. The van der Waals surface area contributed by atoms with E-state index < -0.39 is 10.5 Å². The minimum Gasteiger partial charge on any atom is -0.385 e. The molecule has 1 aliphatic heterocycles. The Kier molecular flexibility index (Phi) is 5.34. The number of halogens is 1. The van der Waals surface area contributed by atoms with Crippen molar-refractivity contribution in [3.05, 3.63) is 68.7 Å². The molecule has 1 fully saturated rings. The van der Waals surface area contributed by atoms with E-state index in [0.717, 1.165) is 0 Å². The van der Waals surface area contributed by atoms with Gasteiger partial charge in [-0.2, -0.15) is 0 Å². The Morgan fingerprint density at radius 3 is 2.52 bits per heavy atom. The van der Waals surface area contributed by atoms with E-state index in [0.29, 0.717) is 42.2 Å². The average Bonchev–Trinajstić information content (AvgIpc) is 2.67. The number of nitrogens with one attached hydrogen (secondary N) is 1. The van der Waals surface area contributed by atoms with Crippen molar-refractivity contribution in [1.29, 1.82) is 0 Å². The van der Waals surface area contributed by atoms with E-state index in [2.05, 4.69) is 5.32 Å². The number of carbonyl (C=O) groups excluding carboxylic acids is 1. The standard InChI is InChI=1S/C19H20ClN3O4/c1-21-18(24)13-6-7-16(17(12-13)23(26)27)22-10-8-19(25,9-11-22)14-4-2-3-5-15(14)20/h2-7,12,25H,8-11H2,1H3,(H,21,24). The largest absolute Gasteiger partial charge is 0.385 e. The SMILES string of the molecule is CNC(=O)c1ccc(N2CCC(O)(c3ccccc3Cl)CC2)c([N+](=O)[O-])c1. The van der Waals surface area contributed by atoms with Crippen LogP contribution in [0.1, 0.15) is 28.8 Å². The summed E-state index contributed by atoms with van der Waals surface area (Å²) >= 11 is 6.23. The van der Waals surface area contributed by atoms with Crippen molar-refractivity contribution in [2.24, 2.45) is 0 Å². The maximum atomic E-state index is 11.8. The summed E-state index contributed by atoms with van der Waals surface area (Å²) in [7, 11) is 1.47. The summed E-state index contributed by atoms with van der Waals surface area (Å²) in [6, 6.07) is 11.6. The van der Waals surface area contributed by atoms with Crippen molar-refractivity contribution in [2.75, 3.05) is 25.0 Å². The number of carbonyl (C=O) groups is 1. The second-order valence-electron chi connectivity index (χ2n) is 6.54. The van der Waals surface area contributed by atoms with Gasteiger partial charge in [0.1, 0.15) is 5.69 Å². The first kappa shape index (κ1) is 19.1. The summed E-state index contributed by atoms with van der Waals surface area (Å²) < 4.78 is 0. The number of piperidine rings is 1. The van der Waals surface area contributed by atoms with Crippen LogP contribution in [0.15, 0.2) is 42.5 Å². The van der Waals surface area contributed by atoms with Gasteiger partial charge in [-0.05, 0) is 31.0 Å². The van der Waals surface area contributed by atoms with Crippen molar-refractivity contribution in [3.8, 4) is 0 Å². The molecule has 0 spiro atoms. The predicted octanol–water partition coefficient (Wildman–Crippen LogP) is 3.10. The van der Waals surface area contributed by atoms with Crippen LogP contribution in [0.2, 0.25) is 5.02 Å². The maximum Gasteiger partial charge on any atom is 0.293 e. The van der Waals surface area contributed by atoms with Crippen LogP contribution in [-0.4, -0.2) is 36.1 Å². The lowest BCUT2D eigenvalue weighted by atomic mass is 9.84. The Bertz CT molecular complexity index is 879. The fourth-order valence-electron chi connectivity index (χ4n) is 3.45. The minimum absolute atomic E-state index is 0.126. The summed E-state index contributed by atoms with van der Waals surface area (Å²) in [4.78, 5) is 24.6. The molecule has 1 aliphatic rings. The molecule has 0 aliphatic carbocycles. The van der Waals surface area contributed by atoms with Gasteiger partial charge in [-0.1, -0.05) is 29.8 Å². The van der Waals surface area contributed by atoms with Crippen LogP contribution in [0.4, 0.5) is 11.4 Å². The fourth-order valence-corrected chi connectivity index (χ4v) is 3.76. The third kappa shape index (κ3) is 3.74. The summed E-state index contributed by atoms with van der Waals surface area (Å²) in [5.41, 5.74) is 0.160. The smallest absolute Gasteiger partial charge is 0.293 e. The number of hydrogen-bond donors (Lipinski definition) is 2. The highest BCUT2D eigenvalue weighted by Crippen LogP contribution is 2.39. The van der Waals surface area contributed by atoms with Gasteiger partial charge in [0.15, 0.2) is 0 Å². The number of aliphatic hydroxyl groups is 1. The molecule has 0 unspecified atom stereocenters. The van der Waals surface area contributed by atoms with E-state index in [4.69, 9.17) is 11.6 Å². The molecule has 7 nitrogen and oxygen atoms in total. The topological polar surface area (TPSA) is 95.7 Å². The minimum atomic E-state index is -1.06. The summed E-state index contributed by atoms with van der Waals surface area (Å²) in [6.07, 6.45) is 0.788. The van der Waals surface area contributed by atoms with Crippen molar-refractivity contribution in [1.82, 2.24) is 5.32 Å². The van der Waals surface area contributed by atoms with Gasteiger partial charge in [0.25, 0.3) is 11.6 Å². The van der Waals surface area contributed by atoms with Crippen LogP contribution in [0.25, 0.3) is 0 Å². The molecule has 8 heteroatoms. The number of benzene rings is 2. The lowest BCUT2D eigenvalue weighted by molar-refractivity contribution is -0.384. The number of anilines is 1. The molecule has 0 saturated carbocycles. The lowest BCUT2D eigenvalue weighted by Crippen LogP contribution is -2.43. The molecular formula is C19H20ClN3O4. The quantitative estimate of drug-likeness (QED) is 0.618. The normalized spacial score (nSPS) is 16.0. The molecule has 27 heavy (non-hydrogen) atoms. The molecule has 2 aromatic carbocycles. The van der Waals surface area contributed by atoms with Crippen molar-refractivity contribution >= 4 is 28.9 Å². The maximum absolute atomic E-state index is 11.8. The van der Waals surface area contributed by atoms with Crippen LogP contribution < -0.4 is 10.2 Å². The van der Waals surface area contributed by atoms with Crippen LogP contribution in [0, 0.1) is 10.1 Å². The summed E-state index contributed by atoms with van der Waals surface area (Å²) in [5, 5.41) is 25.5. The monoisotopic (exact) mass is 389 g/mol. The molecule has 1 saturated heterocycles. The van der Waals surface area contributed by atoms with Gasteiger partial charge < -0.3 is 15.3 Å². The van der Waals surface area contributed by atoms with Crippen molar-refractivity contribution in [3.63, 3.8) is 0 Å². The Hall–Kier alpha value is -2.64. The van der Waals surface area contributed by atoms with Gasteiger partial charge in [-0.15, -0.1) is 0 Å². The van der Waals surface area contributed by atoms with E-state index in [1.54, 1.807) is 24.3 Å². The van der Waals surface area contributed by atoms with E-state index in [9.17, 15) is 20.0 Å². The third-order valence-corrected chi connectivity index (χ3v) is 5.30. The van der Waals surface area contributed by atoms with Crippen LogP contribution in [0.3, 0.4) is 0 Å². The number of hydrogen-bond acceptors (Lipinski definition) is 5. The third-order valence-electron chi connectivity index (χ3n) is 4.97. The Balaban J connectivity index is 1.85. The van der Waals surface area contributed by atoms with E-state index in [1.807, 2.05) is 17.0 Å². The number of nitro benzene ring substituents is 1. The highest BCUT2D eigenvalue weighted by Gasteiger charge is 2.37. The van der Waals surface area contributed by atoms with Crippen LogP contribution in [-0.2, 0) is 5.60 Å². The number of rotatable bonds is 4. The average molecular weight is 390 g/mol. The Labute approximate surface area is 161 Å². The summed E-state index contributed by atoms with van der Waals surface area (Å²) in [5.74, 6) is -0.378. The molecule has 0 atom stereocenters. The van der Waals surface area contributed by atoms with E-state index >= 15 is 0 Å². The number of nitrogens with zero attached hydrogens (tertiary/aromatic N) is 2. The molecular weight excluding hydrogens is 370 g/mol. The zero-order valence-corrected chi connectivity index (χ0v) is 15.6. The first-order chi connectivity index (χ1) is 12.9. The van der Waals surface area contributed by atoms with Crippen LogP contribution in [0.5, 0.6) is 0 Å². The molecule has 0 bridgehead atoms. The predicted molar refractivity (Wildman–Crippen MR) is 103 cm³/mol. The first-order valence-corrected chi connectivity index (χ1v) is 8.96. The zero-order valence-electron chi connectivity index (χ0n) is 14.8. The molecule has 142 valence electrons. The molecule has 2 aromatic rings. The van der Waals surface area contributed by atoms with Gasteiger partial charge in [0, 0.05) is 42.4 Å². The van der Waals surface area contributed by atoms with Crippen molar-refractivity contribution < 1.29 is 14.8 Å². The molecule has 0 aromatic heterocycles. The van der Waals surface area contributed by atoms with Crippen LogP contribution >= 0.6 is 11.6 Å². The first-order valence-electron chi connectivity index (χ1n) is 8.58. The molecule has 1 amide bonds. The second-order valence-corrected chi connectivity index (χ2v) is 6.95. The van der Waals surface area contributed by atoms with Gasteiger partial charge >= 0.3 is 0 Å². The van der Waals surface area contributed by atoms with Gasteiger partial charge in [-0.3, -0.25) is 14.9 Å². The fraction of sp³-hybridized carbons (Fsp3) is 0.316. The highest BCUT2D eigenvalue weighted by molar-refractivity contribution is 6.31. The molecule has 0 radical (unpaired) electrons. The van der Waals surface area contributed by atoms with Gasteiger partial charge in [0.2, 0.25) is 0 Å². The van der Waals surface area contributed by atoms with E-state index in [-0.39, 0.29) is 17.2 Å². The zero-order chi connectivity index (χ0) is 19.6. The molecule has 1 heterocycles. The Morgan fingerprint density at radius 2 is 1.93 bits per heavy atom. The number of nitro groups is 1.